The summed E-state index contributed by atoms with van der Waals surface area (Å²) in [5, 5.41) is 4.04. The van der Waals surface area contributed by atoms with Gasteiger partial charge in [-0.3, -0.25) is 0 Å². The van der Waals surface area contributed by atoms with Gasteiger partial charge in [0.1, 0.15) is 10.6 Å². The molecule has 4 rings (SSSR count). The first-order chi connectivity index (χ1) is 12.4. The SMILES string of the molecule is CC1(S(=O)(=O)n2ccc3cccnc32)C=C(F)C=C(C2CCNCC2)C1.Cl. The van der Waals surface area contributed by atoms with Crippen LogP contribution in [0.2, 0.25) is 0 Å². The molecule has 1 aliphatic heterocycles. The molecule has 3 heterocycles. The zero-order chi connectivity index (χ0) is 18.4. The number of aromatic nitrogens is 2. The van der Waals surface area contributed by atoms with Crippen LogP contribution in [-0.2, 0) is 10.0 Å². The standard InChI is InChI=1S/C19H22FN3O2S.ClH/c1-19(12-16(11-17(20)13-19)14-4-8-21-9-5-14)26(24,25)23-10-6-15-3-2-7-22-18(15)23;/h2-3,6-7,10-11,13-14,21H,4-5,8-9,12H2,1H3;1H. The fraction of sp³-hybridized carbons (Fsp3) is 0.421. The third-order valence-corrected chi connectivity index (χ3v) is 7.70. The Labute approximate surface area is 164 Å². The van der Waals surface area contributed by atoms with E-state index in [2.05, 4.69) is 10.3 Å². The molecule has 0 aromatic carbocycles. The van der Waals surface area contributed by atoms with Crippen LogP contribution in [0.5, 0.6) is 0 Å². The number of rotatable bonds is 3. The first-order valence-corrected chi connectivity index (χ1v) is 10.3. The van der Waals surface area contributed by atoms with E-state index in [1.165, 1.54) is 22.3 Å². The Morgan fingerprint density at radius 1 is 1.30 bits per heavy atom. The van der Waals surface area contributed by atoms with Crippen molar-refractivity contribution >= 4 is 33.5 Å². The molecule has 0 saturated carbocycles. The molecular weight excluding hydrogens is 389 g/mol. The predicted molar refractivity (Wildman–Crippen MR) is 107 cm³/mol. The molecule has 0 radical (unpaired) electrons. The van der Waals surface area contributed by atoms with E-state index in [0.29, 0.717) is 12.1 Å². The van der Waals surface area contributed by atoms with Gasteiger partial charge < -0.3 is 5.32 Å². The van der Waals surface area contributed by atoms with Crippen LogP contribution >= 0.6 is 12.4 Å². The molecule has 1 aliphatic carbocycles. The zero-order valence-electron chi connectivity index (χ0n) is 15.1. The minimum atomic E-state index is -3.87. The summed E-state index contributed by atoms with van der Waals surface area (Å²) in [6.45, 7) is 3.36. The van der Waals surface area contributed by atoms with Crippen LogP contribution in [0.15, 0.2) is 54.1 Å². The van der Waals surface area contributed by atoms with Crippen LogP contribution in [0, 0.1) is 5.92 Å². The van der Waals surface area contributed by atoms with E-state index in [-0.39, 0.29) is 18.3 Å². The minimum absolute atomic E-state index is 0. The van der Waals surface area contributed by atoms with Crippen LogP contribution in [0.1, 0.15) is 26.2 Å². The summed E-state index contributed by atoms with van der Waals surface area (Å²) >= 11 is 0. The molecule has 0 bridgehead atoms. The molecule has 0 amide bonds. The van der Waals surface area contributed by atoms with Crippen molar-refractivity contribution in [2.75, 3.05) is 13.1 Å². The molecule has 1 N–H and O–H groups in total. The van der Waals surface area contributed by atoms with Crippen molar-refractivity contribution in [2.24, 2.45) is 5.92 Å². The van der Waals surface area contributed by atoms with Gasteiger partial charge in [0.15, 0.2) is 5.65 Å². The highest BCUT2D eigenvalue weighted by Crippen LogP contribution is 2.40. The van der Waals surface area contributed by atoms with Crippen molar-refractivity contribution < 1.29 is 12.8 Å². The molecule has 1 atom stereocenters. The van der Waals surface area contributed by atoms with Gasteiger partial charge in [-0.15, -0.1) is 12.4 Å². The Hall–Kier alpha value is -1.70. The summed E-state index contributed by atoms with van der Waals surface area (Å²) in [7, 11) is -3.87. The van der Waals surface area contributed by atoms with E-state index in [9.17, 15) is 12.8 Å². The third kappa shape index (κ3) is 3.44. The third-order valence-electron chi connectivity index (χ3n) is 5.45. The average Bonchev–Trinajstić information content (AvgIpc) is 3.06. The minimum Gasteiger partial charge on any atom is -0.317 e. The molecule has 2 aromatic heterocycles. The Kier molecular flexibility index (Phi) is 5.47. The van der Waals surface area contributed by atoms with Crippen molar-refractivity contribution in [3.8, 4) is 0 Å². The van der Waals surface area contributed by atoms with Gasteiger partial charge in [0.2, 0.25) is 10.0 Å². The lowest BCUT2D eigenvalue weighted by molar-refractivity contribution is 0.400. The van der Waals surface area contributed by atoms with Crippen molar-refractivity contribution in [1.29, 1.82) is 0 Å². The molecule has 27 heavy (non-hydrogen) atoms. The lowest BCUT2D eigenvalue weighted by atomic mass is 9.82. The van der Waals surface area contributed by atoms with Crippen LogP contribution in [0.25, 0.3) is 11.0 Å². The summed E-state index contributed by atoms with van der Waals surface area (Å²) in [6, 6.07) is 5.29. The second kappa shape index (κ2) is 7.37. The second-order valence-electron chi connectivity index (χ2n) is 7.30. The van der Waals surface area contributed by atoms with E-state index in [4.69, 9.17) is 0 Å². The van der Waals surface area contributed by atoms with Crippen LogP contribution in [0.4, 0.5) is 4.39 Å². The lowest BCUT2D eigenvalue weighted by Crippen LogP contribution is -2.41. The quantitative estimate of drug-likeness (QED) is 0.838. The largest absolute Gasteiger partial charge is 0.317 e. The van der Waals surface area contributed by atoms with Crippen molar-refractivity contribution in [1.82, 2.24) is 14.3 Å². The van der Waals surface area contributed by atoms with Gasteiger partial charge in [0.05, 0.1) is 0 Å². The molecule has 0 spiro atoms. The highest BCUT2D eigenvalue weighted by atomic mass is 35.5. The van der Waals surface area contributed by atoms with E-state index in [1.54, 1.807) is 25.3 Å². The van der Waals surface area contributed by atoms with Crippen LogP contribution < -0.4 is 5.32 Å². The summed E-state index contributed by atoms with van der Waals surface area (Å²) in [6.07, 6.45) is 7.95. The summed E-state index contributed by atoms with van der Waals surface area (Å²) < 4.78 is 41.2. The van der Waals surface area contributed by atoms with Gasteiger partial charge in [-0.25, -0.2) is 21.8 Å². The van der Waals surface area contributed by atoms with Crippen molar-refractivity contribution in [3.63, 3.8) is 0 Å². The van der Waals surface area contributed by atoms with Gasteiger partial charge >= 0.3 is 0 Å². The molecule has 1 unspecified atom stereocenters. The predicted octanol–water partition coefficient (Wildman–Crippen LogP) is 3.58. The maximum absolute atomic E-state index is 14.4. The fourth-order valence-electron chi connectivity index (χ4n) is 4.00. The number of allylic oxidation sites excluding steroid dienone is 3. The monoisotopic (exact) mass is 411 g/mol. The van der Waals surface area contributed by atoms with Gasteiger partial charge in [0, 0.05) is 17.8 Å². The molecular formula is C19H23ClFN3O2S. The maximum atomic E-state index is 14.4. The normalized spacial score (nSPS) is 24.2. The van der Waals surface area contributed by atoms with E-state index in [0.717, 1.165) is 36.9 Å². The number of pyridine rings is 1. The summed E-state index contributed by atoms with van der Waals surface area (Å²) in [4.78, 5) is 4.21. The lowest BCUT2D eigenvalue weighted by Gasteiger charge is -2.34. The highest BCUT2D eigenvalue weighted by molar-refractivity contribution is 7.91. The molecule has 2 aliphatic rings. The van der Waals surface area contributed by atoms with Gasteiger partial charge in [-0.2, -0.15) is 0 Å². The number of nitrogens with zero attached hydrogens (tertiary/aromatic N) is 2. The molecule has 146 valence electrons. The fourth-order valence-corrected chi connectivity index (χ4v) is 5.66. The van der Waals surface area contributed by atoms with Gasteiger partial charge in [0.25, 0.3) is 0 Å². The Morgan fingerprint density at radius 2 is 2.04 bits per heavy atom. The number of hydrogen-bond acceptors (Lipinski definition) is 4. The molecule has 5 nitrogen and oxygen atoms in total. The van der Waals surface area contributed by atoms with E-state index < -0.39 is 20.6 Å². The van der Waals surface area contributed by atoms with Gasteiger partial charge in [-0.1, -0.05) is 5.57 Å². The molecule has 2 aromatic rings. The van der Waals surface area contributed by atoms with Crippen LogP contribution in [0.3, 0.4) is 0 Å². The Balaban J connectivity index is 0.00000210. The topological polar surface area (TPSA) is 64.0 Å². The van der Waals surface area contributed by atoms with Gasteiger partial charge in [-0.05, 0) is 75.5 Å². The first kappa shape index (κ1) is 20.0. The smallest absolute Gasteiger partial charge is 0.249 e. The number of nitrogens with one attached hydrogen (secondary N) is 1. The van der Waals surface area contributed by atoms with E-state index >= 15 is 0 Å². The average molecular weight is 412 g/mol. The number of piperidine rings is 1. The molecule has 1 fully saturated rings. The number of hydrogen-bond donors (Lipinski definition) is 1. The number of fused-ring (bicyclic) bond motifs is 1. The molecule has 1 saturated heterocycles. The van der Waals surface area contributed by atoms with E-state index in [1.807, 2.05) is 6.07 Å². The van der Waals surface area contributed by atoms with Crippen molar-refractivity contribution in [2.45, 2.75) is 30.9 Å². The summed E-state index contributed by atoms with van der Waals surface area (Å²) in [5.74, 6) is -0.245. The summed E-state index contributed by atoms with van der Waals surface area (Å²) in [5.41, 5.74) is 1.27. The molecule has 8 heteroatoms. The first-order valence-electron chi connectivity index (χ1n) is 8.87. The van der Waals surface area contributed by atoms with Crippen molar-refractivity contribution in [3.05, 3.63) is 54.1 Å². The number of halogens is 2. The second-order valence-corrected chi connectivity index (χ2v) is 9.57. The maximum Gasteiger partial charge on any atom is 0.249 e. The zero-order valence-corrected chi connectivity index (χ0v) is 16.7. The highest BCUT2D eigenvalue weighted by Gasteiger charge is 2.43. The Bertz CT molecular complexity index is 1010. The van der Waals surface area contributed by atoms with Crippen LogP contribution in [-0.4, -0.2) is 35.2 Å². The Morgan fingerprint density at radius 3 is 2.78 bits per heavy atom.